The van der Waals surface area contributed by atoms with Crippen LogP contribution in [0.2, 0.25) is 10.0 Å². The van der Waals surface area contributed by atoms with Crippen molar-refractivity contribution in [2.24, 2.45) is 0 Å². The van der Waals surface area contributed by atoms with Gasteiger partial charge in [-0.15, -0.1) is 0 Å². The summed E-state index contributed by atoms with van der Waals surface area (Å²) in [5.41, 5.74) is 0.829. The summed E-state index contributed by atoms with van der Waals surface area (Å²) in [6.45, 7) is 2.89. The molecule has 1 aromatic carbocycles. The maximum absolute atomic E-state index is 13.3. The smallest absolute Gasteiger partial charge is 0.407 e. The van der Waals surface area contributed by atoms with Crippen LogP contribution in [0.3, 0.4) is 0 Å². The van der Waals surface area contributed by atoms with Gasteiger partial charge in [0.15, 0.2) is 0 Å². The first-order valence-electron chi connectivity index (χ1n) is 10.4. The van der Waals surface area contributed by atoms with Crippen LogP contribution < -0.4 is 0 Å². The predicted molar refractivity (Wildman–Crippen MR) is 113 cm³/mol. The third kappa shape index (κ3) is 4.21. The van der Waals surface area contributed by atoms with Crippen molar-refractivity contribution < 1.29 is 14.7 Å². The molecule has 3 fully saturated rings. The maximum atomic E-state index is 13.3. The van der Waals surface area contributed by atoms with Gasteiger partial charge in [-0.1, -0.05) is 29.3 Å². The maximum Gasteiger partial charge on any atom is 0.407 e. The molecule has 8 heteroatoms. The molecule has 6 nitrogen and oxygen atoms in total. The average molecular weight is 440 g/mol. The number of benzene rings is 1. The molecule has 158 valence electrons. The first-order valence-corrected chi connectivity index (χ1v) is 11.2. The standard InChI is InChI=1S/C21H27Cl2N3O3/c22-15-7-6-14(12-16(15)23)13-19(27)26-11-10-25(21(28)29)18-5-3-4-17(20(18)26)24-8-1-2-9-24/h6-7,12,17-18,20H,1-5,8-11,13H2,(H,28,29)/t17-,18-,20+/m0/s1. The number of carbonyl (C=O) groups is 2. The summed E-state index contributed by atoms with van der Waals surface area (Å²) < 4.78 is 0. The zero-order valence-corrected chi connectivity index (χ0v) is 17.9. The summed E-state index contributed by atoms with van der Waals surface area (Å²) in [6.07, 6.45) is 4.56. The average Bonchev–Trinajstić information content (AvgIpc) is 3.24. The molecule has 1 aliphatic carbocycles. The molecule has 1 aromatic rings. The van der Waals surface area contributed by atoms with Gasteiger partial charge in [-0.05, 0) is 62.9 Å². The van der Waals surface area contributed by atoms with Crippen LogP contribution in [-0.2, 0) is 11.2 Å². The van der Waals surface area contributed by atoms with Crippen molar-refractivity contribution >= 4 is 35.2 Å². The highest BCUT2D eigenvalue weighted by molar-refractivity contribution is 6.42. The Labute approximate surface area is 181 Å². The van der Waals surface area contributed by atoms with E-state index in [-0.39, 0.29) is 30.5 Å². The van der Waals surface area contributed by atoms with Crippen LogP contribution in [0.1, 0.15) is 37.7 Å². The third-order valence-corrected chi connectivity index (χ3v) is 7.38. The van der Waals surface area contributed by atoms with E-state index in [1.54, 1.807) is 17.0 Å². The van der Waals surface area contributed by atoms with Crippen molar-refractivity contribution in [2.45, 2.75) is 56.7 Å². The van der Waals surface area contributed by atoms with E-state index in [2.05, 4.69) is 4.90 Å². The number of carboxylic acid groups (broad SMARTS) is 1. The highest BCUT2D eigenvalue weighted by Crippen LogP contribution is 2.35. The van der Waals surface area contributed by atoms with E-state index in [0.717, 1.165) is 37.9 Å². The summed E-state index contributed by atoms with van der Waals surface area (Å²) in [6, 6.07) is 5.31. The van der Waals surface area contributed by atoms with Crippen LogP contribution >= 0.6 is 23.2 Å². The van der Waals surface area contributed by atoms with Crippen LogP contribution in [0.5, 0.6) is 0 Å². The van der Waals surface area contributed by atoms with Crippen molar-refractivity contribution in [2.75, 3.05) is 26.2 Å². The molecule has 0 unspecified atom stereocenters. The summed E-state index contributed by atoms with van der Waals surface area (Å²) in [4.78, 5) is 31.2. The minimum Gasteiger partial charge on any atom is -0.465 e. The van der Waals surface area contributed by atoms with Gasteiger partial charge in [0.25, 0.3) is 0 Å². The van der Waals surface area contributed by atoms with Gasteiger partial charge < -0.3 is 14.9 Å². The van der Waals surface area contributed by atoms with Crippen LogP contribution in [0, 0.1) is 0 Å². The second-order valence-corrected chi connectivity index (χ2v) is 9.10. The van der Waals surface area contributed by atoms with Gasteiger partial charge in [0.2, 0.25) is 5.91 Å². The Balaban J connectivity index is 1.59. The Morgan fingerprint density at radius 1 is 0.931 bits per heavy atom. The number of hydrogen-bond donors (Lipinski definition) is 1. The van der Waals surface area contributed by atoms with Crippen molar-refractivity contribution in [1.82, 2.24) is 14.7 Å². The van der Waals surface area contributed by atoms with Crippen LogP contribution in [0.4, 0.5) is 4.79 Å². The molecule has 2 aliphatic heterocycles. The van der Waals surface area contributed by atoms with Crippen LogP contribution in [0.15, 0.2) is 18.2 Å². The van der Waals surface area contributed by atoms with Gasteiger partial charge in [-0.2, -0.15) is 0 Å². The number of hydrogen-bond acceptors (Lipinski definition) is 3. The number of piperazine rings is 1. The molecule has 1 saturated carbocycles. The van der Waals surface area contributed by atoms with Crippen molar-refractivity contribution in [3.63, 3.8) is 0 Å². The van der Waals surface area contributed by atoms with E-state index in [1.807, 2.05) is 11.0 Å². The fourth-order valence-corrected chi connectivity index (χ4v) is 5.67. The fourth-order valence-electron chi connectivity index (χ4n) is 5.35. The molecule has 1 N–H and O–H groups in total. The molecule has 2 amide bonds. The van der Waals surface area contributed by atoms with Gasteiger partial charge >= 0.3 is 6.09 Å². The lowest BCUT2D eigenvalue weighted by Gasteiger charge is -2.54. The fraction of sp³-hybridized carbons (Fsp3) is 0.619. The molecule has 3 atom stereocenters. The molecule has 0 spiro atoms. The van der Waals surface area contributed by atoms with E-state index < -0.39 is 6.09 Å². The summed E-state index contributed by atoms with van der Waals surface area (Å²) >= 11 is 12.1. The van der Waals surface area contributed by atoms with Crippen LogP contribution in [0.25, 0.3) is 0 Å². The van der Waals surface area contributed by atoms with E-state index in [1.165, 1.54) is 12.8 Å². The first kappa shape index (κ1) is 20.8. The normalized spacial score (nSPS) is 27.7. The van der Waals surface area contributed by atoms with E-state index >= 15 is 0 Å². The highest BCUT2D eigenvalue weighted by Gasteiger charge is 2.48. The Morgan fingerprint density at radius 3 is 2.31 bits per heavy atom. The first-order chi connectivity index (χ1) is 14.0. The highest BCUT2D eigenvalue weighted by atomic mass is 35.5. The monoisotopic (exact) mass is 439 g/mol. The molecule has 0 aromatic heterocycles. The van der Waals surface area contributed by atoms with Gasteiger partial charge in [0.05, 0.1) is 28.5 Å². The Bertz CT molecular complexity index is 784. The quantitative estimate of drug-likeness (QED) is 0.778. The van der Waals surface area contributed by atoms with Gasteiger partial charge in [0.1, 0.15) is 0 Å². The lowest BCUT2D eigenvalue weighted by Crippen LogP contribution is -2.69. The summed E-state index contributed by atoms with van der Waals surface area (Å²) in [7, 11) is 0. The van der Waals surface area contributed by atoms with E-state index in [4.69, 9.17) is 23.2 Å². The number of fused-ring (bicyclic) bond motifs is 1. The number of amides is 2. The number of halogens is 2. The molecular weight excluding hydrogens is 413 g/mol. The molecule has 0 radical (unpaired) electrons. The lowest BCUT2D eigenvalue weighted by atomic mass is 9.81. The third-order valence-electron chi connectivity index (χ3n) is 6.65. The molecule has 3 aliphatic rings. The number of likely N-dealkylation sites (tertiary alicyclic amines) is 1. The zero-order valence-electron chi connectivity index (χ0n) is 16.4. The van der Waals surface area contributed by atoms with Gasteiger partial charge in [-0.25, -0.2) is 4.79 Å². The Hall–Kier alpha value is -1.50. The molecule has 0 bridgehead atoms. The number of carbonyl (C=O) groups excluding carboxylic acids is 1. The van der Waals surface area contributed by atoms with Gasteiger partial charge in [-0.3, -0.25) is 9.69 Å². The summed E-state index contributed by atoms with van der Waals surface area (Å²) in [5, 5.41) is 10.6. The topological polar surface area (TPSA) is 64.1 Å². The zero-order chi connectivity index (χ0) is 20.5. The lowest BCUT2D eigenvalue weighted by molar-refractivity contribution is -0.141. The van der Waals surface area contributed by atoms with Gasteiger partial charge in [0, 0.05) is 19.1 Å². The predicted octanol–water partition coefficient (Wildman–Crippen LogP) is 3.74. The molecule has 2 saturated heterocycles. The minimum absolute atomic E-state index is 0.0366. The summed E-state index contributed by atoms with van der Waals surface area (Å²) in [5.74, 6) is 0.0366. The van der Waals surface area contributed by atoms with Crippen LogP contribution in [-0.4, -0.2) is 76.1 Å². The van der Waals surface area contributed by atoms with Crippen molar-refractivity contribution in [3.8, 4) is 0 Å². The molecular formula is C21H27Cl2N3O3. The molecule has 29 heavy (non-hydrogen) atoms. The second kappa shape index (κ2) is 8.70. The Morgan fingerprint density at radius 2 is 1.62 bits per heavy atom. The largest absolute Gasteiger partial charge is 0.465 e. The Kier molecular flexibility index (Phi) is 6.23. The minimum atomic E-state index is -0.876. The van der Waals surface area contributed by atoms with Crippen molar-refractivity contribution in [3.05, 3.63) is 33.8 Å². The van der Waals surface area contributed by atoms with Crippen molar-refractivity contribution in [1.29, 1.82) is 0 Å². The molecule has 4 rings (SSSR count). The van der Waals surface area contributed by atoms with E-state index in [0.29, 0.717) is 23.1 Å². The number of nitrogens with zero attached hydrogens (tertiary/aromatic N) is 3. The number of rotatable bonds is 3. The SMILES string of the molecule is O=C(Cc1ccc(Cl)c(Cl)c1)N1CCN(C(=O)O)[C@H]2CCC[C@H](N3CCCC3)[C@H]21. The molecule has 2 heterocycles. The second-order valence-electron chi connectivity index (χ2n) is 8.29. The van der Waals surface area contributed by atoms with E-state index in [9.17, 15) is 14.7 Å².